The first-order valence-electron chi connectivity index (χ1n) is 8.80. The summed E-state index contributed by atoms with van der Waals surface area (Å²) < 4.78 is 18.4. The van der Waals surface area contributed by atoms with E-state index < -0.39 is 23.5 Å². The molecule has 7 heteroatoms. The van der Waals surface area contributed by atoms with Gasteiger partial charge in [0.15, 0.2) is 0 Å². The number of esters is 1. The minimum absolute atomic E-state index is 0.0250. The number of hydrogen-bond acceptors (Lipinski definition) is 4. The van der Waals surface area contributed by atoms with E-state index >= 15 is 0 Å². The van der Waals surface area contributed by atoms with Gasteiger partial charge in [0.25, 0.3) is 11.7 Å². The Hall–Kier alpha value is -2.96. The van der Waals surface area contributed by atoms with E-state index in [2.05, 4.69) is 10.3 Å². The van der Waals surface area contributed by atoms with Crippen molar-refractivity contribution in [3.63, 3.8) is 0 Å². The predicted octanol–water partition coefficient (Wildman–Crippen LogP) is 3.40. The van der Waals surface area contributed by atoms with E-state index in [9.17, 15) is 18.8 Å². The second-order valence-corrected chi connectivity index (χ2v) is 6.21. The molecular formula is C20H23FN2O4. The zero-order valence-corrected chi connectivity index (χ0v) is 15.8. The van der Waals surface area contributed by atoms with Crippen LogP contribution in [0.25, 0.3) is 11.1 Å². The first kappa shape index (κ1) is 20.4. The molecule has 0 radical (unpaired) electrons. The molecule has 0 spiro atoms. The van der Waals surface area contributed by atoms with Gasteiger partial charge >= 0.3 is 5.97 Å². The molecule has 0 unspecified atom stereocenters. The summed E-state index contributed by atoms with van der Waals surface area (Å²) in [4.78, 5) is 40.3. The van der Waals surface area contributed by atoms with Crippen LogP contribution in [0.5, 0.6) is 0 Å². The van der Waals surface area contributed by atoms with Gasteiger partial charge in [0.05, 0.1) is 12.2 Å². The van der Waals surface area contributed by atoms with Gasteiger partial charge in [-0.2, -0.15) is 0 Å². The topological polar surface area (TPSA) is 88.3 Å². The number of nitrogens with one attached hydrogen (secondary N) is 2. The van der Waals surface area contributed by atoms with Crippen LogP contribution in [0.1, 0.15) is 53.7 Å². The van der Waals surface area contributed by atoms with Crippen LogP contribution in [0.3, 0.4) is 0 Å². The molecule has 1 heterocycles. The molecule has 0 saturated carbocycles. The summed E-state index contributed by atoms with van der Waals surface area (Å²) >= 11 is 0. The number of hydrogen-bond donors (Lipinski definition) is 2. The molecule has 6 nitrogen and oxygen atoms in total. The fourth-order valence-corrected chi connectivity index (χ4v) is 2.66. The second-order valence-electron chi connectivity index (χ2n) is 6.21. The van der Waals surface area contributed by atoms with E-state index in [0.717, 1.165) is 0 Å². The van der Waals surface area contributed by atoms with Gasteiger partial charge in [-0.1, -0.05) is 19.1 Å². The largest absolute Gasteiger partial charge is 0.462 e. The van der Waals surface area contributed by atoms with Gasteiger partial charge in [0, 0.05) is 17.3 Å². The average Bonchev–Trinajstić information content (AvgIpc) is 2.98. The van der Waals surface area contributed by atoms with Gasteiger partial charge in [-0.3, -0.25) is 9.59 Å². The molecule has 0 bridgehead atoms. The maximum atomic E-state index is 13.3. The number of aromatic amines is 1. The summed E-state index contributed by atoms with van der Waals surface area (Å²) in [6.45, 7) is 7.11. The minimum Gasteiger partial charge on any atom is -0.462 e. The Morgan fingerprint density at radius 3 is 2.37 bits per heavy atom. The Balaban J connectivity index is 2.59. The van der Waals surface area contributed by atoms with E-state index in [1.807, 2.05) is 6.92 Å². The average molecular weight is 374 g/mol. The number of amides is 1. The number of H-pyrrole nitrogens is 1. The third-order valence-electron chi connectivity index (χ3n) is 4.22. The van der Waals surface area contributed by atoms with Crippen molar-refractivity contribution >= 4 is 17.7 Å². The third kappa shape index (κ3) is 4.42. The van der Waals surface area contributed by atoms with Crippen molar-refractivity contribution in [1.82, 2.24) is 10.3 Å². The number of carbonyl (C=O) groups excluding carboxylic acids is 3. The van der Waals surface area contributed by atoms with Crippen molar-refractivity contribution < 1.29 is 23.5 Å². The summed E-state index contributed by atoms with van der Waals surface area (Å²) in [6, 6.07) is 5.17. The van der Waals surface area contributed by atoms with Crippen LogP contribution in [-0.4, -0.2) is 35.3 Å². The van der Waals surface area contributed by atoms with Gasteiger partial charge in [0.2, 0.25) is 0 Å². The van der Waals surface area contributed by atoms with Crippen molar-refractivity contribution in [2.24, 2.45) is 0 Å². The number of aryl methyl sites for hydroxylation is 1. The van der Waals surface area contributed by atoms with Gasteiger partial charge in [-0.25, -0.2) is 9.18 Å². The summed E-state index contributed by atoms with van der Waals surface area (Å²) in [5, 5.41) is 2.61. The SMILES string of the molecule is CCOC(=O)c1c(C)[nH]c(C(=O)C(=O)N[C@H](C)CC)c1-c1ccc(F)cc1. The molecule has 1 atom stereocenters. The number of Topliss-reactive ketones (excluding diaryl/α,β-unsaturated/α-hetero) is 1. The third-order valence-corrected chi connectivity index (χ3v) is 4.22. The van der Waals surface area contributed by atoms with Crippen LogP contribution in [-0.2, 0) is 9.53 Å². The maximum absolute atomic E-state index is 13.3. The van der Waals surface area contributed by atoms with Crippen LogP contribution in [0.15, 0.2) is 24.3 Å². The molecule has 0 fully saturated rings. The summed E-state index contributed by atoms with van der Waals surface area (Å²) in [5.74, 6) is -2.64. The van der Waals surface area contributed by atoms with Crippen LogP contribution in [0.2, 0.25) is 0 Å². The Bertz CT molecular complexity index is 856. The van der Waals surface area contributed by atoms with Crippen LogP contribution in [0, 0.1) is 12.7 Å². The Morgan fingerprint density at radius 1 is 1.19 bits per heavy atom. The summed E-state index contributed by atoms with van der Waals surface area (Å²) in [5.41, 5.74) is 1.19. The highest BCUT2D eigenvalue weighted by Crippen LogP contribution is 2.31. The summed E-state index contributed by atoms with van der Waals surface area (Å²) in [7, 11) is 0. The van der Waals surface area contributed by atoms with Gasteiger partial charge in [0.1, 0.15) is 11.5 Å². The monoisotopic (exact) mass is 374 g/mol. The molecule has 0 aliphatic rings. The molecule has 0 aliphatic heterocycles. The Morgan fingerprint density at radius 2 is 1.81 bits per heavy atom. The molecule has 0 aliphatic carbocycles. The standard InChI is InChI=1S/C20H23FN2O4/c1-5-11(3)22-19(25)18(24)17-16(13-7-9-14(21)10-8-13)15(12(4)23-17)20(26)27-6-2/h7-11,23H,5-6H2,1-4H3,(H,22,25)/t11-/m1/s1. The lowest BCUT2D eigenvalue weighted by atomic mass is 9.98. The van der Waals surface area contributed by atoms with Gasteiger partial charge in [-0.15, -0.1) is 0 Å². The molecule has 0 saturated heterocycles. The molecule has 27 heavy (non-hydrogen) atoms. The second kappa shape index (κ2) is 8.62. The number of ketones is 1. The lowest BCUT2D eigenvalue weighted by Crippen LogP contribution is -2.37. The van der Waals surface area contributed by atoms with E-state index in [-0.39, 0.29) is 29.5 Å². The lowest BCUT2D eigenvalue weighted by molar-refractivity contribution is -0.117. The molecule has 1 aromatic carbocycles. The smallest absolute Gasteiger partial charge is 0.340 e. The number of aromatic nitrogens is 1. The van der Waals surface area contributed by atoms with Crippen LogP contribution in [0.4, 0.5) is 4.39 Å². The zero-order valence-electron chi connectivity index (χ0n) is 15.8. The molecule has 144 valence electrons. The fourth-order valence-electron chi connectivity index (χ4n) is 2.66. The van der Waals surface area contributed by atoms with Gasteiger partial charge < -0.3 is 15.0 Å². The van der Waals surface area contributed by atoms with E-state index in [4.69, 9.17) is 4.74 Å². The van der Waals surface area contributed by atoms with Crippen molar-refractivity contribution in [2.45, 2.75) is 40.2 Å². The van der Waals surface area contributed by atoms with Crippen molar-refractivity contribution in [3.8, 4) is 11.1 Å². The molecule has 2 rings (SSSR count). The Kier molecular flexibility index (Phi) is 6.50. The number of ether oxygens (including phenoxy) is 1. The Labute approximate surface area is 157 Å². The molecule has 1 amide bonds. The number of halogens is 1. The van der Waals surface area contributed by atoms with Crippen LogP contribution < -0.4 is 5.32 Å². The number of rotatable bonds is 7. The lowest BCUT2D eigenvalue weighted by Gasteiger charge is -2.11. The molecular weight excluding hydrogens is 351 g/mol. The van der Waals surface area contributed by atoms with E-state index in [1.165, 1.54) is 24.3 Å². The van der Waals surface area contributed by atoms with Crippen molar-refractivity contribution in [1.29, 1.82) is 0 Å². The first-order chi connectivity index (χ1) is 12.8. The molecule has 2 N–H and O–H groups in total. The highest BCUT2D eigenvalue weighted by molar-refractivity contribution is 6.44. The number of carbonyl (C=O) groups is 3. The summed E-state index contributed by atoms with van der Waals surface area (Å²) in [6.07, 6.45) is 0.668. The highest BCUT2D eigenvalue weighted by atomic mass is 19.1. The first-order valence-corrected chi connectivity index (χ1v) is 8.80. The van der Waals surface area contributed by atoms with Crippen molar-refractivity contribution in [3.05, 3.63) is 47.0 Å². The number of benzene rings is 1. The quantitative estimate of drug-likeness (QED) is 0.442. The molecule has 1 aromatic heterocycles. The normalized spacial score (nSPS) is 11.7. The van der Waals surface area contributed by atoms with E-state index in [0.29, 0.717) is 17.7 Å². The van der Waals surface area contributed by atoms with E-state index in [1.54, 1.807) is 20.8 Å². The van der Waals surface area contributed by atoms with Crippen molar-refractivity contribution in [2.75, 3.05) is 6.61 Å². The van der Waals surface area contributed by atoms with Gasteiger partial charge in [-0.05, 0) is 44.9 Å². The minimum atomic E-state index is -0.798. The van der Waals surface area contributed by atoms with Crippen LogP contribution >= 0.6 is 0 Å². The highest BCUT2D eigenvalue weighted by Gasteiger charge is 2.30. The predicted molar refractivity (Wildman–Crippen MR) is 99.1 cm³/mol. The zero-order chi connectivity index (χ0) is 20.1. The maximum Gasteiger partial charge on any atom is 0.340 e. The fraction of sp³-hybridized carbons (Fsp3) is 0.350. The molecule has 2 aromatic rings.